The number of anilines is 2. The van der Waals surface area contributed by atoms with E-state index in [0.29, 0.717) is 22.8 Å². The Hall–Kier alpha value is -4.45. The minimum Gasteiger partial charge on any atom is -0.454 e. The molecule has 1 aliphatic rings. The number of H-pyrrole nitrogens is 1. The van der Waals surface area contributed by atoms with Crippen LogP contribution in [-0.4, -0.2) is 46.4 Å². The van der Waals surface area contributed by atoms with Crippen molar-refractivity contribution in [2.24, 2.45) is 0 Å². The largest absolute Gasteiger partial charge is 0.454 e. The maximum absolute atomic E-state index is 11.7. The molecule has 0 atom stereocenters. The van der Waals surface area contributed by atoms with Gasteiger partial charge in [0, 0.05) is 17.3 Å². The van der Waals surface area contributed by atoms with E-state index in [0.717, 1.165) is 28.3 Å². The number of imidazole rings is 1. The number of nitrogens with zero attached hydrogens (tertiary/aromatic N) is 4. The van der Waals surface area contributed by atoms with E-state index >= 15 is 0 Å². The number of fused-ring (bicyclic) bond motifs is 3. The smallest absolute Gasteiger partial charge is 0.307 e. The third-order valence-corrected chi connectivity index (χ3v) is 5.62. The van der Waals surface area contributed by atoms with Crippen molar-refractivity contribution in [3.8, 4) is 28.5 Å². The summed E-state index contributed by atoms with van der Waals surface area (Å²) in [6.07, 6.45) is 4.08. The van der Waals surface area contributed by atoms with Crippen LogP contribution in [-0.2, 0) is 10.1 Å². The van der Waals surface area contributed by atoms with Gasteiger partial charge >= 0.3 is 10.1 Å². The lowest BCUT2D eigenvalue weighted by molar-refractivity contribution is 0.174. The summed E-state index contributed by atoms with van der Waals surface area (Å²) in [5.74, 6) is 1.38. The first-order valence-corrected chi connectivity index (χ1v) is 11.9. The lowest BCUT2D eigenvalue weighted by Crippen LogP contribution is -2.09. The number of ether oxygens (including phenoxy) is 2. The van der Waals surface area contributed by atoms with Crippen LogP contribution in [0.5, 0.6) is 17.4 Å². The van der Waals surface area contributed by atoms with Crippen molar-refractivity contribution in [1.82, 2.24) is 24.9 Å². The van der Waals surface area contributed by atoms with Crippen LogP contribution in [0.4, 0.5) is 11.6 Å². The highest BCUT2D eigenvalue weighted by atomic mass is 32.2. The Morgan fingerprint density at radius 2 is 1.91 bits per heavy atom. The fourth-order valence-corrected chi connectivity index (χ4v) is 4.14. The fourth-order valence-electron chi connectivity index (χ4n) is 3.74. The highest BCUT2D eigenvalue weighted by Crippen LogP contribution is 2.38. The summed E-state index contributed by atoms with van der Waals surface area (Å²) >= 11 is 0. The highest BCUT2D eigenvalue weighted by molar-refractivity contribution is 7.86. The van der Waals surface area contributed by atoms with Gasteiger partial charge in [0.05, 0.1) is 18.1 Å². The quantitative estimate of drug-likeness (QED) is 0.363. The minimum absolute atomic E-state index is 0.142. The van der Waals surface area contributed by atoms with Crippen molar-refractivity contribution in [3.05, 3.63) is 55.0 Å². The highest BCUT2D eigenvalue weighted by Gasteiger charge is 2.17. The van der Waals surface area contributed by atoms with E-state index in [-0.39, 0.29) is 24.1 Å². The van der Waals surface area contributed by atoms with Gasteiger partial charge in [-0.15, -0.1) is 0 Å². The van der Waals surface area contributed by atoms with Gasteiger partial charge in [-0.2, -0.15) is 18.4 Å². The minimum atomic E-state index is -3.81. The molecule has 0 spiro atoms. The second-order valence-corrected chi connectivity index (χ2v) is 9.10. The maximum Gasteiger partial charge on any atom is 0.307 e. The number of pyridine rings is 1. The maximum atomic E-state index is 11.7. The number of hydrogen-bond acceptors (Lipinski definition) is 10. The molecule has 6 rings (SSSR count). The second-order valence-electron chi connectivity index (χ2n) is 7.52. The zero-order chi connectivity index (χ0) is 23.3. The van der Waals surface area contributed by atoms with Crippen molar-refractivity contribution < 1.29 is 22.1 Å². The molecule has 0 radical (unpaired) electrons. The Bertz CT molecular complexity index is 1680. The fraction of sp³-hybridized carbons (Fsp3) is 0.0909. The van der Waals surface area contributed by atoms with Gasteiger partial charge in [-0.1, -0.05) is 6.07 Å². The summed E-state index contributed by atoms with van der Waals surface area (Å²) < 4.78 is 39.3. The van der Waals surface area contributed by atoms with Crippen molar-refractivity contribution >= 4 is 43.8 Å². The van der Waals surface area contributed by atoms with Crippen LogP contribution < -0.4 is 19.0 Å². The summed E-state index contributed by atoms with van der Waals surface area (Å²) in [6.45, 7) is 0.204. The molecule has 0 unspecified atom stereocenters. The number of nitrogens with one attached hydrogen (secondary N) is 2. The Morgan fingerprint density at radius 1 is 1.03 bits per heavy atom. The predicted octanol–water partition coefficient (Wildman–Crippen LogP) is 3.38. The van der Waals surface area contributed by atoms with Gasteiger partial charge < -0.3 is 24.0 Å². The van der Waals surface area contributed by atoms with Crippen LogP contribution in [0.2, 0.25) is 0 Å². The van der Waals surface area contributed by atoms with Gasteiger partial charge in [0.25, 0.3) is 5.88 Å². The Balaban J connectivity index is 1.41. The number of hydrogen-bond donors (Lipinski definition) is 2. The number of aromatic nitrogens is 5. The van der Waals surface area contributed by atoms with Gasteiger partial charge in [0.1, 0.15) is 0 Å². The molecule has 12 heteroatoms. The molecule has 0 amide bonds. The SMILES string of the molecule is CS(=O)(=O)Oc1nc(Nc2ccc3nccc(-c4ccc5c(c4)OCO5)c3c2)nc2[nH]cnc12. The molecule has 3 aromatic heterocycles. The zero-order valence-electron chi connectivity index (χ0n) is 17.6. The Morgan fingerprint density at radius 3 is 2.79 bits per heavy atom. The topological polar surface area (TPSA) is 141 Å². The van der Waals surface area contributed by atoms with Crippen molar-refractivity contribution in [2.75, 3.05) is 18.4 Å². The van der Waals surface area contributed by atoms with Crippen LogP contribution in [0.1, 0.15) is 0 Å². The molecule has 1 aliphatic heterocycles. The van der Waals surface area contributed by atoms with Crippen LogP contribution in [0.25, 0.3) is 33.2 Å². The van der Waals surface area contributed by atoms with Crippen LogP contribution >= 0.6 is 0 Å². The Labute approximate surface area is 192 Å². The predicted molar refractivity (Wildman–Crippen MR) is 124 cm³/mol. The molecule has 5 aromatic rings. The van der Waals surface area contributed by atoms with E-state index in [1.54, 1.807) is 6.20 Å². The molecule has 0 fully saturated rings. The first-order chi connectivity index (χ1) is 16.4. The summed E-state index contributed by atoms with van der Waals surface area (Å²) in [7, 11) is -3.81. The van der Waals surface area contributed by atoms with E-state index in [1.165, 1.54) is 6.33 Å². The number of benzene rings is 2. The third kappa shape index (κ3) is 3.69. The first kappa shape index (κ1) is 20.2. The average molecular weight is 476 g/mol. The van der Waals surface area contributed by atoms with E-state index in [4.69, 9.17) is 13.7 Å². The zero-order valence-corrected chi connectivity index (χ0v) is 18.5. The molecule has 2 aromatic carbocycles. The van der Waals surface area contributed by atoms with Crippen molar-refractivity contribution in [1.29, 1.82) is 0 Å². The summed E-state index contributed by atoms with van der Waals surface area (Å²) in [4.78, 5) is 19.9. The third-order valence-electron chi connectivity index (χ3n) is 5.16. The summed E-state index contributed by atoms with van der Waals surface area (Å²) in [5, 5.41) is 4.00. The lowest BCUT2D eigenvalue weighted by atomic mass is 10.0. The van der Waals surface area contributed by atoms with Gasteiger partial charge in [-0.05, 0) is 47.5 Å². The molecule has 0 saturated heterocycles. The van der Waals surface area contributed by atoms with Gasteiger partial charge in [-0.3, -0.25) is 4.98 Å². The van der Waals surface area contributed by atoms with Crippen LogP contribution in [0.3, 0.4) is 0 Å². The van der Waals surface area contributed by atoms with Crippen LogP contribution in [0.15, 0.2) is 55.0 Å². The molecule has 4 heterocycles. The monoisotopic (exact) mass is 476 g/mol. The van der Waals surface area contributed by atoms with E-state index in [1.807, 2.05) is 42.5 Å². The van der Waals surface area contributed by atoms with E-state index < -0.39 is 10.1 Å². The second kappa shape index (κ2) is 7.56. The molecule has 0 saturated carbocycles. The summed E-state index contributed by atoms with van der Waals surface area (Å²) in [6, 6.07) is 13.3. The molecular weight excluding hydrogens is 460 g/mol. The molecule has 34 heavy (non-hydrogen) atoms. The number of aromatic amines is 1. The molecule has 11 nitrogen and oxygen atoms in total. The molecule has 170 valence electrons. The molecule has 0 aliphatic carbocycles. The van der Waals surface area contributed by atoms with Crippen LogP contribution in [0, 0.1) is 0 Å². The number of rotatable bonds is 5. The van der Waals surface area contributed by atoms with Crippen molar-refractivity contribution in [2.45, 2.75) is 0 Å². The van der Waals surface area contributed by atoms with Gasteiger partial charge in [0.15, 0.2) is 22.7 Å². The van der Waals surface area contributed by atoms with E-state index in [2.05, 4.69) is 30.2 Å². The van der Waals surface area contributed by atoms with Crippen molar-refractivity contribution in [3.63, 3.8) is 0 Å². The lowest BCUT2D eigenvalue weighted by Gasteiger charge is -2.11. The standard InChI is InChI=1S/C22H16N6O5S/c1-34(29,30)33-21-19-20(25-10-24-19)27-22(28-21)26-13-3-4-16-15(9-13)14(6-7-23-16)12-2-5-17-18(8-12)32-11-31-17/h2-10H,11H2,1H3,(H2,24,25,26,27,28). The normalized spacial score (nSPS) is 12.9. The molecule has 2 N–H and O–H groups in total. The van der Waals surface area contributed by atoms with E-state index in [9.17, 15) is 8.42 Å². The molecular formula is C22H16N6O5S. The first-order valence-electron chi connectivity index (χ1n) is 10.1. The molecule has 0 bridgehead atoms. The summed E-state index contributed by atoms with van der Waals surface area (Å²) in [5.41, 5.74) is 3.92. The van der Waals surface area contributed by atoms with Gasteiger partial charge in [0.2, 0.25) is 12.7 Å². The van der Waals surface area contributed by atoms with Gasteiger partial charge in [-0.25, -0.2) is 4.98 Å². The Kier molecular flexibility index (Phi) is 4.48. The average Bonchev–Trinajstić information content (AvgIpc) is 3.46.